The lowest BCUT2D eigenvalue weighted by molar-refractivity contribution is 0.0621. The molecule has 1 aliphatic rings. The summed E-state index contributed by atoms with van der Waals surface area (Å²) in [5.74, 6) is 1.05. The number of rotatable bonds is 4. The van der Waals surface area contributed by atoms with Crippen LogP contribution in [-0.2, 0) is 4.84 Å². The van der Waals surface area contributed by atoms with Gasteiger partial charge in [0.2, 0.25) is 5.88 Å². The van der Waals surface area contributed by atoms with Crippen LogP contribution in [0.25, 0.3) is 15.9 Å². The molecule has 9 heteroatoms. The van der Waals surface area contributed by atoms with Crippen molar-refractivity contribution in [2.45, 2.75) is 19.9 Å². The molecular formula is C21H20N6O2S. The summed E-state index contributed by atoms with van der Waals surface area (Å²) in [4.78, 5) is 23.9. The second-order valence-electron chi connectivity index (χ2n) is 7.01. The highest BCUT2D eigenvalue weighted by Gasteiger charge is 2.21. The summed E-state index contributed by atoms with van der Waals surface area (Å²) >= 11 is 1.68. The minimum absolute atomic E-state index is 0.128. The van der Waals surface area contributed by atoms with E-state index in [-0.39, 0.29) is 6.04 Å². The van der Waals surface area contributed by atoms with Gasteiger partial charge in [0.25, 0.3) is 0 Å². The van der Waals surface area contributed by atoms with E-state index in [1.165, 1.54) is 0 Å². The van der Waals surface area contributed by atoms with Gasteiger partial charge in [0.15, 0.2) is 5.84 Å². The fourth-order valence-corrected chi connectivity index (χ4v) is 4.30. The van der Waals surface area contributed by atoms with Gasteiger partial charge >= 0.3 is 0 Å². The molecule has 0 bridgehead atoms. The van der Waals surface area contributed by atoms with E-state index < -0.39 is 0 Å². The number of aryl methyl sites for hydroxylation is 2. The van der Waals surface area contributed by atoms with Crippen LogP contribution in [0.3, 0.4) is 0 Å². The van der Waals surface area contributed by atoms with Crippen molar-refractivity contribution in [1.29, 1.82) is 0 Å². The van der Waals surface area contributed by atoms with Crippen LogP contribution in [0.4, 0.5) is 0 Å². The number of hydrogen-bond donors (Lipinski definition) is 1. The van der Waals surface area contributed by atoms with Gasteiger partial charge < -0.3 is 9.30 Å². The number of thiazole rings is 1. The van der Waals surface area contributed by atoms with Crippen LogP contribution in [0.5, 0.6) is 5.88 Å². The van der Waals surface area contributed by atoms with Gasteiger partial charge in [-0.15, -0.1) is 11.3 Å². The highest BCUT2D eigenvalue weighted by atomic mass is 32.1. The molecule has 1 N–H and O–H groups in total. The Morgan fingerprint density at radius 1 is 1.20 bits per heavy atom. The molecule has 5 rings (SSSR count). The molecule has 0 spiro atoms. The van der Waals surface area contributed by atoms with E-state index in [9.17, 15) is 0 Å². The number of aromatic nitrogens is 4. The fraction of sp³-hybridized carbons (Fsp3) is 0.238. The molecular weight excluding hydrogens is 400 g/mol. The van der Waals surface area contributed by atoms with Crippen LogP contribution in [0.15, 0.2) is 47.8 Å². The standard InChI is InChI=1S/C21H20N6O2S/c1-12-9-27(11-22-12)18-7-6-16(25-21(18)28-3)20-24-17(10-29-26-20)14-4-5-15-19(8-14)30-13(2)23-15/h4-9,11,17H,10H2,1-3H3,(H,24,26). The van der Waals surface area contributed by atoms with Gasteiger partial charge in [-0.2, -0.15) is 0 Å². The van der Waals surface area contributed by atoms with Crippen LogP contribution in [0.1, 0.15) is 28.0 Å². The highest BCUT2D eigenvalue weighted by Crippen LogP contribution is 2.29. The lowest BCUT2D eigenvalue weighted by Crippen LogP contribution is -2.33. The molecule has 0 amide bonds. The van der Waals surface area contributed by atoms with E-state index in [1.807, 2.05) is 42.8 Å². The second kappa shape index (κ2) is 7.51. The van der Waals surface area contributed by atoms with E-state index >= 15 is 0 Å². The Bertz CT molecular complexity index is 1260. The van der Waals surface area contributed by atoms with Crippen molar-refractivity contribution in [2.24, 2.45) is 4.99 Å². The first kappa shape index (κ1) is 18.7. The Morgan fingerprint density at radius 2 is 2.10 bits per heavy atom. The quantitative estimate of drug-likeness (QED) is 0.544. The molecule has 1 atom stereocenters. The molecule has 152 valence electrons. The van der Waals surface area contributed by atoms with Crippen LogP contribution < -0.4 is 10.2 Å². The first-order valence-corrected chi connectivity index (χ1v) is 10.3. The number of pyridine rings is 1. The third kappa shape index (κ3) is 3.42. The number of ether oxygens (including phenoxy) is 1. The van der Waals surface area contributed by atoms with E-state index in [1.54, 1.807) is 24.8 Å². The summed E-state index contributed by atoms with van der Waals surface area (Å²) in [7, 11) is 1.60. The highest BCUT2D eigenvalue weighted by molar-refractivity contribution is 7.18. The maximum atomic E-state index is 5.62. The molecule has 30 heavy (non-hydrogen) atoms. The number of amidine groups is 1. The summed E-state index contributed by atoms with van der Waals surface area (Å²) in [6.45, 7) is 4.40. The Morgan fingerprint density at radius 3 is 2.90 bits per heavy atom. The molecule has 0 aliphatic carbocycles. The van der Waals surface area contributed by atoms with Gasteiger partial charge in [-0.1, -0.05) is 6.07 Å². The van der Waals surface area contributed by atoms with Gasteiger partial charge in [-0.25, -0.2) is 20.4 Å². The summed E-state index contributed by atoms with van der Waals surface area (Å²) in [5, 5.41) is 1.05. The average molecular weight is 420 g/mol. The van der Waals surface area contributed by atoms with Crippen molar-refractivity contribution in [3.63, 3.8) is 0 Å². The van der Waals surface area contributed by atoms with E-state index in [2.05, 4.69) is 32.6 Å². The number of fused-ring (bicyclic) bond motifs is 1. The van der Waals surface area contributed by atoms with Crippen molar-refractivity contribution in [2.75, 3.05) is 13.7 Å². The Balaban J connectivity index is 1.48. The molecule has 1 aromatic carbocycles. The molecule has 8 nitrogen and oxygen atoms in total. The zero-order chi connectivity index (χ0) is 20.7. The number of aliphatic imine (C=N–C) groups is 1. The average Bonchev–Trinajstić information content (AvgIpc) is 3.37. The number of hydrogen-bond acceptors (Lipinski definition) is 8. The summed E-state index contributed by atoms with van der Waals surface area (Å²) in [6, 6.07) is 9.92. The second-order valence-corrected chi connectivity index (χ2v) is 8.25. The molecule has 3 aromatic heterocycles. The lowest BCUT2D eigenvalue weighted by Gasteiger charge is -2.22. The SMILES string of the molecule is COc1nc(C2=NC(c3ccc4nc(C)sc4c3)CON2)ccc1-n1cnc(C)c1. The normalized spacial score (nSPS) is 16.4. The first-order valence-electron chi connectivity index (χ1n) is 9.50. The van der Waals surface area contributed by atoms with Crippen LogP contribution >= 0.6 is 11.3 Å². The Hall–Kier alpha value is -3.30. The first-order chi connectivity index (χ1) is 14.6. The topological polar surface area (TPSA) is 86.5 Å². The third-order valence-corrected chi connectivity index (χ3v) is 5.80. The molecule has 4 aromatic rings. The van der Waals surface area contributed by atoms with Crippen molar-refractivity contribution < 1.29 is 9.57 Å². The molecule has 0 saturated carbocycles. The zero-order valence-electron chi connectivity index (χ0n) is 16.8. The maximum absolute atomic E-state index is 5.62. The Labute approximate surface area is 177 Å². The minimum Gasteiger partial charge on any atom is -0.479 e. The van der Waals surface area contributed by atoms with Crippen LogP contribution in [0.2, 0.25) is 0 Å². The molecule has 0 saturated heterocycles. The lowest BCUT2D eigenvalue weighted by atomic mass is 10.1. The van der Waals surface area contributed by atoms with Crippen molar-refractivity contribution in [1.82, 2.24) is 25.0 Å². The number of methoxy groups -OCH3 is 1. The largest absolute Gasteiger partial charge is 0.479 e. The third-order valence-electron chi connectivity index (χ3n) is 4.87. The van der Waals surface area contributed by atoms with Gasteiger partial charge in [0.1, 0.15) is 24.0 Å². The van der Waals surface area contributed by atoms with Crippen molar-refractivity contribution in [3.8, 4) is 11.6 Å². The molecule has 0 radical (unpaired) electrons. The summed E-state index contributed by atoms with van der Waals surface area (Å²) in [5.41, 5.74) is 7.36. The number of nitrogens with zero attached hydrogens (tertiary/aromatic N) is 5. The molecule has 1 aliphatic heterocycles. The monoisotopic (exact) mass is 420 g/mol. The van der Waals surface area contributed by atoms with Crippen LogP contribution in [0, 0.1) is 13.8 Å². The van der Waals surface area contributed by atoms with Crippen molar-refractivity contribution >= 4 is 27.4 Å². The van der Waals surface area contributed by atoms with Crippen LogP contribution in [-0.4, -0.2) is 39.1 Å². The number of benzene rings is 1. The van der Waals surface area contributed by atoms with E-state index in [4.69, 9.17) is 14.6 Å². The predicted octanol–water partition coefficient (Wildman–Crippen LogP) is 3.53. The zero-order valence-corrected chi connectivity index (χ0v) is 17.6. The van der Waals surface area contributed by atoms with Gasteiger partial charge in [-0.05, 0) is 43.7 Å². The minimum atomic E-state index is -0.128. The van der Waals surface area contributed by atoms with E-state index in [0.29, 0.717) is 24.0 Å². The predicted molar refractivity (Wildman–Crippen MR) is 115 cm³/mol. The fourth-order valence-electron chi connectivity index (χ4n) is 3.43. The van der Waals surface area contributed by atoms with Gasteiger partial charge in [0, 0.05) is 6.20 Å². The molecule has 0 fully saturated rings. The Kier molecular flexibility index (Phi) is 4.68. The smallest absolute Gasteiger partial charge is 0.238 e. The van der Waals surface area contributed by atoms with Gasteiger partial charge in [0.05, 0.1) is 34.4 Å². The van der Waals surface area contributed by atoms with Gasteiger partial charge in [-0.3, -0.25) is 9.83 Å². The maximum Gasteiger partial charge on any atom is 0.238 e. The summed E-state index contributed by atoms with van der Waals surface area (Å²) < 4.78 is 8.55. The van der Waals surface area contributed by atoms with E-state index in [0.717, 1.165) is 32.2 Å². The molecule has 1 unspecified atom stereocenters. The number of imidazole rings is 1. The summed E-state index contributed by atoms with van der Waals surface area (Å²) in [6.07, 6.45) is 3.66. The number of nitrogens with one attached hydrogen (secondary N) is 1. The number of hydroxylamine groups is 1. The molecule has 4 heterocycles. The van der Waals surface area contributed by atoms with Crippen molar-refractivity contribution in [3.05, 3.63) is 64.8 Å².